The van der Waals surface area contributed by atoms with Crippen LogP contribution in [-0.4, -0.2) is 34.4 Å². The van der Waals surface area contributed by atoms with Gasteiger partial charge in [0, 0.05) is 11.9 Å². The van der Waals surface area contributed by atoms with Crippen molar-refractivity contribution >= 4 is 22.9 Å². The summed E-state index contributed by atoms with van der Waals surface area (Å²) in [5, 5.41) is 21.0. The molecular formula is C21H27N3O2. The van der Waals surface area contributed by atoms with E-state index in [0.29, 0.717) is 5.92 Å². The Morgan fingerprint density at radius 1 is 1.35 bits per heavy atom. The van der Waals surface area contributed by atoms with Crippen LogP contribution in [0.4, 0.5) is 0 Å². The number of aliphatic hydroxyl groups is 1. The van der Waals surface area contributed by atoms with E-state index in [-0.39, 0.29) is 18.4 Å². The Balaban J connectivity index is 1.36. The summed E-state index contributed by atoms with van der Waals surface area (Å²) in [5.74, 6) is 0.738. The molecule has 2 aliphatic rings. The van der Waals surface area contributed by atoms with Gasteiger partial charge in [0.2, 0.25) is 5.91 Å². The number of aliphatic hydroxyl groups excluding tert-OH is 1. The van der Waals surface area contributed by atoms with Crippen LogP contribution in [0.25, 0.3) is 17.0 Å². The maximum atomic E-state index is 12.6. The van der Waals surface area contributed by atoms with Gasteiger partial charge < -0.3 is 10.4 Å². The first-order valence-corrected chi connectivity index (χ1v) is 9.72. The molecule has 26 heavy (non-hydrogen) atoms. The summed E-state index contributed by atoms with van der Waals surface area (Å²) >= 11 is 0. The third-order valence-electron chi connectivity index (χ3n) is 6.13. The number of carbonyl (C=O) groups is 1. The number of carbonyl (C=O) groups excluding carboxylic acids is 1. The molecule has 0 spiro atoms. The van der Waals surface area contributed by atoms with Gasteiger partial charge >= 0.3 is 0 Å². The molecule has 1 heterocycles. The average molecular weight is 353 g/mol. The second kappa shape index (κ2) is 7.23. The van der Waals surface area contributed by atoms with Crippen LogP contribution in [0.3, 0.4) is 0 Å². The molecular weight excluding hydrogens is 326 g/mol. The minimum atomic E-state index is -0.620. The van der Waals surface area contributed by atoms with Crippen LogP contribution in [0.2, 0.25) is 0 Å². The quantitative estimate of drug-likeness (QED) is 0.746. The molecule has 1 aromatic carbocycles. The van der Waals surface area contributed by atoms with Crippen LogP contribution in [0.5, 0.6) is 0 Å². The van der Waals surface area contributed by atoms with Crippen LogP contribution >= 0.6 is 0 Å². The Morgan fingerprint density at radius 2 is 2.19 bits per heavy atom. The zero-order chi connectivity index (χ0) is 18.0. The van der Waals surface area contributed by atoms with E-state index in [2.05, 4.69) is 27.7 Å². The first-order valence-electron chi connectivity index (χ1n) is 9.72. The summed E-state index contributed by atoms with van der Waals surface area (Å²) in [4.78, 5) is 12.6. The lowest BCUT2D eigenvalue weighted by atomic mass is 9.89. The number of nitrogens with zero attached hydrogens (tertiary/aromatic N) is 1. The number of benzene rings is 1. The van der Waals surface area contributed by atoms with Crippen molar-refractivity contribution in [1.82, 2.24) is 15.5 Å². The molecule has 0 aliphatic heterocycles. The molecule has 5 nitrogen and oxygen atoms in total. The monoisotopic (exact) mass is 353 g/mol. The van der Waals surface area contributed by atoms with Crippen LogP contribution < -0.4 is 5.32 Å². The molecule has 5 heteroatoms. The summed E-state index contributed by atoms with van der Waals surface area (Å²) in [6, 6.07) is 6.11. The molecule has 4 rings (SSSR count). The third kappa shape index (κ3) is 3.40. The number of amides is 1. The third-order valence-corrected chi connectivity index (χ3v) is 6.13. The molecule has 3 N–H and O–H groups in total. The topological polar surface area (TPSA) is 78.0 Å². The Labute approximate surface area is 153 Å². The zero-order valence-electron chi connectivity index (χ0n) is 15.1. The van der Waals surface area contributed by atoms with E-state index in [4.69, 9.17) is 0 Å². The van der Waals surface area contributed by atoms with E-state index in [9.17, 15) is 9.90 Å². The average Bonchev–Trinajstić information content (AvgIpc) is 3.22. The number of nitrogens with one attached hydrogen (secondary N) is 2. The molecule has 0 saturated heterocycles. The maximum Gasteiger partial charge on any atom is 0.229 e. The molecule has 1 aromatic heterocycles. The SMILES string of the molecule is O=C(NCC1CCCCC1)C1(CO)CC1C=Cc1ccc2[nH]ncc2c1. The highest BCUT2D eigenvalue weighted by atomic mass is 16.3. The van der Waals surface area contributed by atoms with Gasteiger partial charge in [-0.05, 0) is 48.8 Å². The summed E-state index contributed by atoms with van der Waals surface area (Å²) in [6.45, 7) is 0.674. The summed E-state index contributed by atoms with van der Waals surface area (Å²) in [6.07, 6.45) is 12.9. The van der Waals surface area contributed by atoms with Gasteiger partial charge in [-0.25, -0.2) is 0 Å². The minimum Gasteiger partial charge on any atom is -0.395 e. The first-order chi connectivity index (χ1) is 12.7. The minimum absolute atomic E-state index is 0.0190. The van der Waals surface area contributed by atoms with Crippen LogP contribution in [0.1, 0.15) is 44.1 Å². The lowest BCUT2D eigenvalue weighted by molar-refractivity contribution is -0.128. The fourth-order valence-corrected chi connectivity index (χ4v) is 4.20. The van der Waals surface area contributed by atoms with Gasteiger partial charge in [-0.3, -0.25) is 9.89 Å². The van der Waals surface area contributed by atoms with Crippen molar-refractivity contribution in [2.75, 3.05) is 13.2 Å². The number of H-pyrrole nitrogens is 1. The predicted molar refractivity (Wildman–Crippen MR) is 102 cm³/mol. The lowest BCUT2D eigenvalue weighted by Gasteiger charge is -2.23. The van der Waals surface area contributed by atoms with Crippen molar-refractivity contribution in [3.63, 3.8) is 0 Å². The number of hydrogen-bond donors (Lipinski definition) is 3. The van der Waals surface area contributed by atoms with Gasteiger partial charge in [-0.1, -0.05) is 37.5 Å². The molecule has 0 radical (unpaired) electrons. The Morgan fingerprint density at radius 3 is 3.00 bits per heavy atom. The molecule has 0 bridgehead atoms. The molecule has 2 atom stereocenters. The standard InChI is InChI=1S/C21H27N3O2/c25-14-21(20(26)22-12-16-4-2-1-3-5-16)11-18(21)8-6-15-7-9-19-17(10-15)13-23-24-19/h6-10,13,16,18,25H,1-5,11-12,14H2,(H,22,26)(H,23,24). The fraction of sp³-hybridized carbons (Fsp3) is 0.524. The van der Waals surface area contributed by atoms with Gasteiger partial charge in [-0.2, -0.15) is 5.10 Å². The van der Waals surface area contributed by atoms with E-state index in [0.717, 1.165) is 29.4 Å². The van der Waals surface area contributed by atoms with Crippen molar-refractivity contribution in [3.8, 4) is 0 Å². The zero-order valence-corrected chi connectivity index (χ0v) is 15.1. The number of allylic oxidation sites excluding steroid dienone is 1. The first kappa shape index (κ1) is 17.3. The summed E-state index contributed by atoms with van der Waals surface area (Å²) in [7, 11) is 0. The van der Waals surface area contributed by atoms with Gasteiger partial charge in [0.25, 0.3) is 0 Å². The second-order valence-electron chi connectivity index (χ2n) is 7.91. The van der Waals surface area contributed by atoms with Crippen molar-refractivity contribution in [2.45, 2.75) is 38.5 Å². The summed E-state index contributed by atoms with van der Waals surface area (Å²) < 4.78 is 0. The van der Waals surface area contributed by atoms with E-state index >= 15 is 0 Å². The van der Waals surface area contributed by atoms with E-state index < -0.39 is 5.41 Å². The van der Waals surface area contributed by atoms with Crippen LogP contribution in [0, 0.1) is 17.3 Å². The van der Waals surface area contributed by atoms with E-state index in [1.165, 1.54) is 32.1 Å². The molecule has 138 valence electrons. The largest absolute Gasteiger partial charge is 0.395 e. The number of aromatic nitrogens is 2. The van der Waals surface area contributed by atoms with Gasteiger partial charge in [-0.15, -0.1) is 0 Å². The molecule has 2 aromatic rings. The van der Waals surface area contributed by atoms with Crippen molar-refractivity contribution < 1.29 is 9.90 Å². The highest BCUT2D eigenvalue weighted by molar-refractivity contribution is 5.87. The Kier molecular flexibility index (Phi) is 4.81. The number of rotatable bonds is 6. The van der Waals surface area contributed by atoms with Crippen molar-refractivity contribution in [3.05, 3.63) is 36.0 Å². The predicted octanol–water partition coefficient (Wildman–Crippen LogP) is 3.27. The van der Waals surface area contributed by atoms with Crippen LogP contribution in [-0.2, 0) is 4.79 Å². The van der Waals surface area contributed by atoms with Crippen molar-refractivity contribution in [1.29, 1.82) is 0 Å². The molecule has 1 amide bonds. The second-order valence-corrected chi connectivity index (χ2v) is 7.91. The smallest absolute Gasteiger partial charge is 0.229 e. The number of aromatic amines is 1. The lowest BCUT2D eigenvalue weighted by Crippen LogP contribution is -2.38. The maximum absolute atomic E-state index is 12.6. The van der Waals surface area contributed by atoms with E-state index in [1.54, 1.807) is 6.20 Å². The highest BCUT2D eigenvalue weighted by Crippen LogP contribution is 2.53. The Bertz CT molecular complexity index is 806. The summed E-state index contributed by atoms with van der Waals surface area (Å²) in [5.41, 5.74) is 1.48. The number of fused-ring (bicyclic) bond motifs is 1. The molecule has 2 fully saturated rings. The highest BCUT2D eigenvalue weighted by Gasteiger charge is 2.58. The fourth-order valence-electron chi connectivity index (χ4n) is 4.20. The Hall–Kier alpha value is -2.14. The molecule has 2 saturated carbocycles. The van der Waals surface area contributed by atoms with Gasteiger partial charge in [0.1, 0.15) is 0 Å². The van der Waals surface area contributed by atoms with Gasteiger partial charge in [0.05, 0.1) is 23.7 Å². The normalized spacial score (nSPS) is 26.4. The van der Waals surface area contributed by atoms with E-state index in [1.807, 2.05) is 18.2 Å². The van der Waals surface area contributed by atoms with Crippen LogP contribution in [0.15, 0.2) is 30.5 Å². The number of hydrogen-bond acceptors (Lipinski definition) is 3. The molecule has 2 unspecified atom stereocenters. The van der Waals surface area contributed by atoms with Gasteiger partial charge in [0.15, 0.2) is 0 Å². The molecule has 2 aliphatic carbocycles. The van der Waals surface area contributed by atoms with Crippen molar-refractivity contribution in [2.24, 2.45) is 17.3 Å².